The lowest BCUT2D eigenvalue weighted by Crippen LogP contribution is -2.29. The summed E-state index contributed by atoms with van der Waals surface area (Å²) in [6.07, 6.45) is 0.857. The summed E-state index contributed by atoms with van der Waals surface area (Å²) in [4.78, 5) is 28.5. The molecule has 0 bridgehead atoms. The predicted molar refractivity (Wildman–Crippen MR) is 145 cm³/mol. The van der Waals surface area contributed by atoms with Crippen LogP contribution in [0.15, 0.2) is 72.3 Å². The van der Waals surface area contributed by atoms with Crippen molar-refractivity contribution in [2.45, 2.75) is 45.6 Å². The van der Waals surface area contributed by atoms with Crippen LogP contribution >= 0.6 is 0 Å². The van der Waals surface area contributed by atoms with Crippen LogP contribution in [-0.2, 0) is 21.4 Å². The standard InChI is InChI=1S/C31H33NO5/c1-7-19-8-10-20(11-9-19)27-26(28(33)24-18-23(36-5)16-17-25(24)37-6)29(34)30(35)32(27)22-14-12-21(13-15-22)31(2,3)4/h8-18,27,33H,7H2,1-6H3/b28-26+. The number of anilines is 1. The van der Waals surface area contributed by atoms with Crippen molar-refractivity contribution in [2.24, 2.45) is 0 Å². The number of ether oxygens (including phenoxy) is 2. The van der Waals surface area contributed by atoms with E-state index in [0.717, 1.165) is 23.1 Å². The summed E-state index contributed by atoms with van der Waals surface area (Å²) in [5, 5.41) is 11.5. The number of benzene rings is 3. The van der Waals surface area contributed by atoms with Gasteiger partial charge in [0.05, 0.1) is 31.4 Å². The molecule has 4 rings (SSSR count). The number of amides is 1. The average Bonchev–Trinajstić information content (AvgIpc) is 3.17. The van der Waals surface area contributed by atoms with Gasteiger partial charge in [-0.05, 0) is 58.9 Å². The molecule has 0 saturated carbocycles. The van der Waals surface area contributed by atoms with Gasteiger partial charge in [-0.2, -0.15) is 0 Å². The van der Waals surface area contributed by atoms with Gasteiger partial charge in [0, 0.05) is 5.69 Å². The van der Waals surface area contributed by atoms with Gasteiger partial charge < -0.3 is 14.6 Å². The molecule has 6 nitrogen and oxygen atoms in total. The van der Waals surface area contributed by atoms with E-state index in [1.165, 1.54) is 19.1 Å². The summed E-state index contributed by atoms with van der Waals surface area (Å²) in [5.41, 5.74) is 3.75. The van der Waals surface area contributed by atoms with Gasteiger partial charge in [0.1, 0.15) is 17.3 Å². The molecule has 3 aromatic carbocycles. The molecular weight excluding hydrogens is 466 g/mol. The molecule has 1 heterocycles. The monoisotopic (exact) mass is 499 g/mol. The Hall–Kier alpha value is -4.06. The number of hydrogen-bond donors (Lipinski definition) is 1. The number of hydrogen-bond acceptors (Lipinski definition) is 5. The molecule has 1 atom stereocenters. The van der Waals surface area contributed by atoms with Crippen molar-refractivity contribution in [3.05, 3.63) is 94.6 Å². The van der Waals surface area contributed by atoms with Crippen molar-refractivity contribution in [2.75, 3.05) is 19.1 Å². The fraction of sp³-hybridized carbons (Fsp3) is 0.290. The number of carbonyl (C=O) groups excluding carboxylic acids is 2. The molecule has 1 aliphatic rings. The van der Waals surface area contributed by atoms with E-state index in [1.807, 2.05) is 48.5 Å². The summed E-state index contributed by atoms with van der Waals surface area (Å²) >= 11 is 0. The number of Topliss-reactive ketones (excluding diaryl/α,β-unsaturated/α-hetero) is 1. The zero-order valence-corrected chi connectivity index (χ0v) is 22.2. The summed E-state index contributed by atoms with van der Waals surface area (Å²) in [7, 11) is 3.00. The van der Waals surface area contributed by atoms with Crippen molar-refractivity contribution in [3.8, 4) is 11.5 Å². The largest absolute Gasteiger partial charge is 0.507 e. The average molecular weight is 500 g/mol. The molecule has 1 unspecified atom stereocenters. The minimum absolute atomic E-state index is 0.000648. The van der Waals surface area contributed by atoms with E-state index in [-0.39, 0.29) is 22.3 Å². The molecular formula is C31H33NO5. The molecule has 37 heavy (non-hydrogen) atoms. The SMILES string of the molecule is CCc1ccc(C2/C(=C(\O)c3cc(OC)ccc3OC)C(=O)C(=O)N2c2ccc(C(C)(C)C)cc2)cc1. The fourth-order valence-corrected chi connectivity index (χ4v) is 4.62. The summed E-state index contributed by atoms with van der Waals surface area (Å²) < 4.78 is 10.8. The second-order valence-corrected chi connectivity index (χ2v) is 10.1. The van der Waals surface area contributed by atoms with Crippen LogP contribution in [0.25, 0.3) is 5.76 Å². The first-order chi connectivity index (χ1) is 17.6. The Morgan fingerprint density at radius 3 is 2.11 bits per heavy atom. The summed E-state index contributed by atoms with van der Waals surface area (Å²) in [6, 6.07) is 19.5. The number of aliphatic hydroxyl groups is 1. The minimum Gasteiger partial charge on any atom is -0.507 e. The number of ketones is 1. The number of aliphatic hydroxyl groups excluding tert-OH is 1. The highest BCUT2D eigenvalue weighted by molar-refractivity contribution is 6.51. The van der Waals surface area contributed by atoms with Crippen molar-refractivity contribution >= 4 is 23.1 Å². The third-order valence-corrected chi connectivity index (χ3v) is 6.82. The molecule has 3 aromatic rings. The summed E-state index contributed by atoms with van der Waals surface area (Å²) in [5.74, 6) is -0.923. The van der Waals surface area contributed by atoms with E-state index in [9.17, 15) is 14.7 Å². The molecule has 1 amide bonds. The second-order valence-electron chi connectivity index (χ2n) is 10.1. The van der Waals surface area contributed by atoms with Crippen molar-refractivity contribution in [1.82, 2.24) is 0 Å². The van der Waals surface area contributed by atoms with Gasteiger partial charge >= 0.3 is 0 Å². The molecule has 1 aliphatic heterocycles. The molecule has 0 aromatic heterocycles. The first-order valence-corrected chi connectivity index (χ1v) is 12.3. The van der Waals surface area contributed by atoms with E-state index in [1.54, 1.807) is 18.2 Å². The lowest BCUT2D eigenvalue weighted by molar-refractivity contribution is -0.132. The van der Waals surface area contributed by atoms with Crippen LogP contribution in [-0.4, -0.2) is 31.0 Å². The first-order valence-electron chi connectivity index (χ1n) is 12.3. The molecule has 6 heteroatoms. The summed E-state index contributed by atoms with van der Waals surface area (Å²) in [6.45, 7) is 8.41. The molecule has 1 N–H and O–H groups in total. The maximum atomic E-state index is 13.5. The zero-order chi connectivity index (χ0) is 26.9. The number of nitrogens with zero attached hydrogens (tertiary/aromatic N) is 1. The number of carbonyl (C=O) groups is 2. The number of methoxy groups -OCH3 is 2. The first kappa shape index (κ1) is 26.0. The maximum absolute atomic E-state index is 13.5. The van der Waals surface area contributed by atoms with Crippen LogP contribution in [0.4, 0.5) is 5.69 Å². The zero-order valence-electron chi connectivity index (χ0n) is 22.2. The highest BCUT2D eigenvalue weighted by atomic mass is 16.5. The van der Waals surface area contributed by atoms with Crippen LogP contribution < -0.4 is 14.4 Å². The third kappa shape index (κ3) is 4.84. The van der Waals surface area contributed by atoms with Gasteiger partial charge in [0.15, 0.2) is 0 Å². The van der Waals surface area contributed by atoms with Crippen LogP contribution in [0.3, 0.4) is 0 Å². The molecule has 0 aliphatic carbocycles. The van der Waals surface area contributed by atoms with E-state index >= 15 is 0 Å². The molecule has 1 saturated heterocycles. The minimum atomic E-state index is -0.817. The Morgan fingerprint density at radius 2 is 1.57 bits per heavy atom. The lowest BCUT2D eigenvalue weighted by atomic mass is 9.87. The second kappa shape index (κ2) is 10.1. The van der Waals surface area contributed by atoms with Gasteiger partial charge in [0.2, 0.25) is 0 Å². The molecule has 1 fully saturated rings. The number of rotatable bonds is 6. The van der Waals surface area contributed by atoms with Crippen LogP contribution in [0.1, 0.15) is 56.0 Å². The molecule has 192 valence electrons. The molecule has 0 spiro atoms. The maximum Gasteiger partial charge on any atom is 0.300 e. The Balaban J connectivity index is 1.94. The van der Waals surface area contributed by atoms with E-state index < -0.39 is 17.7 Å². The van der Waals surface area contributed by atoms with Gasteiger partial charge in [0.25, 0.3) is 11.7 Å². The quantitative estimate of drug-likeness (QED) is 0.249. The van der Waals surface area contributed by atoms with Crippen molar-refractivity contribution in [3.63, 3.8) is 0 Å². The highest BCUT2D eigenvalue weighted by Gasteiger charge is 2.47. The molecule has 0 radical (unpaired) electrons. The Bertz CT molecular complexity index is 1350. The Kier molecular flexibility index (Phi) is 7.12. The Labute approximate surface area is 218 Å². The van der Waals surface area contributed by atoms with E-state index in [2.05, 4.69) is 27.7 Å². The number of aryl methyl sites for hydroxylation is 1. The van der Waals surface area contributed by atoms with Crippen molar-refractivity contribution in [1.29, 1.82) is 0 Å². The van der Waals surface area contributed by atoms with Gasteiger partial charge in [-0.1, -0.05) is 64.1 Å². The van der Waals surface area contributed by atoms with Gasteiger partial charge in [-0.15, -0.1) is 0 Å². The van der Waals surface area contributed by atoms with Crippen LogP contribution in [0, 0.1) is 0 Å². The third-order valence-electron chi connectivity index (χ3n) is 6.82. The van der Waals surface area contributed by atoms with Crippen LogP contribution in [0.2, 0.25) is 0 Å². The highest BCUT2D eigenvalue weighted by Crippen LogP contribution is 2.44. The lowest BCUT2D eigenvalue weighted by Gasteiger charge is -2.27. The smallest absolute Gasteiger partial charge is 0.300 e. The van der Waals surface area contributed by atoms with Gasteiger partial charge in [-0.25, -0.2) is 0 Å². The topological polar surface area (TPSA) is 76.1 Å². The van der Waals surface area contributed by atoms with Crippen LogP contribution in [0.5, 0.6) is 11.5 Å². The van der Waals surface area contributed by atoms with Gasteiger partial charge in [-0.3, -0.25) is 14.5 Å². The normalized spacial score (nSPS) is 17.2. The van der Waals surface area contributed by atoms with Crippen molar-refractivity contribution < 1.29 is 24.2 Å². The van der Waals surface area contributed by atoms with E-state index in [0.29, 0.717) is 17.2 Å². The Morgan fingerprint density at radius 1 is 0.919 bits per heavy atom. The van der Waals surface area contributed by atoms with E-state index in [4.69, 9.17) is 9.47 Å². The fourth-order valence-electron chi connectivity index (χ4n) is 4.62. The predicted octanol–water partition coefficient (Wildman–Crippen LogP) is 6.19.